The van der Waals surface area contributed by atoms with Crippen LogP contribution in [0.3, 0.4) is 0 Å². The van der Waals surface area contributed by atoms with Gasteiger partial charge in [0.15, 0.2) is 0 Å². The number of aryl methyl sites for hydroxylation is 2. The molecule has 1 aromatic carbocycles. The third-order valence-corrected chi connectivity index (χ3v) is 3.78. The van der Waals surface area contributed by atoms with E-state index in [1.165, 1.54) is 5.56 Å². The van der Waals surface area contributed by atoms with Crippen LogP contribution in [-0.2, 0) is 19.6 Å². The van der Waals surface area contributed by atoms with Gasteiger partial charge in [-0.05, 0) is 51.1 Å². The van der Waals surface area contributed by atoms with Gasteiger partial charge in [-0.1, -0.05) is 19.1 Å². The SMILES string of the molecule is CCc1cc(COc2ccc(C(C)NC)cc2)n(CC)n1. The van der Waals surface area contributed by atoms with E-state index in [0.717, 1.165) is 30.1 Å². The van der Waals surface area contributed by atoms with Crippen LogP contribution in [0.25, 0.3) is 0 Å². The third-order valence-electron chi connectivity index (χ3n) is 3.78. The molecule has 4 heteroatoms. The highest BCUT2D eigenvalue weighted by Crippen LogP contribution is 2.18. The van der Waals surface area contributed by atoms with Crippen molar-refractivity contribution < 1.29 is 4.74 Å². The van der Waals surface area contributed by atoms with Crippen LogP contribution in [-0.4, -0.2) is 16.8 Å². The molecule has 2 rings (SSSR count). The van der Waals surface area contributed by atoms with Crippen molar-refractivity contribution in [2.45, 2.75) is 46.4 Å². The molecule has 0 saturated heterocycles. The second kappa shape index (κ2) is 7.27. The van der Waals surface area contributed by atoms with Crippen molar-refractivity contribution in [2.75, 3.05) is 7.05 Å². The fourth-order valence-corrected chi connectivity index (χ4v) is 2.25. The molecule has 21 heavy (non-hydrogen) atoms. The van der Waals surface area contributed by atoms with Crippen molar-refractivity contribution in [1.82, 2.24) is 15.1 Å². The molecular formula is C17H25N3O. The molecule has 1 aromatic heterocycles. The number of nitrogens with zero attached hydrogens (tertiary/aromatic N) is 2. The number of nitrogens with one attached hydrogen (secondary N) is 1. The predicted molar refractivity (Wildman–Crippen MR) is 85.5 cm³/mol. The first-order valence-corrected chi connectivity index (χ1v) is 7.63. The Balaban J connectivity index is 2.01. The first-order valence-electron chi connectivity index (χ1n) is 7.63. The van der Waals surface area contributed by atoms with Gasteiger partial charge in [0.1, 0.15) is 12.4 Å². The minimum Gasteiger partial charge on any atom is -0.487 e. The van der Waals surface area contributed by atoms with Gasteiger partial charge in [0.05, 0.1) is 11.4 Å². The van der Waals surface area contributed by atoms with E-state index in [4.69, 9.17) is 4.74 Å². The average molecular weight is 287 g/mol. The predicted octanol–water partition coefficient (Wildman–Crippen LogP) is 3.32. The number of benzene rings is 1. The summed E-state index contributed by atoms with van der Waals surface area (Å²) < 4.78 is 7.89. The minimum absolute atomic E-state index is 0.354. The standard InChI is InChI=1S/C17H25N3O/c1-5-15-11-16(20(6-2)19-15)12-21-17-9-7-14(8-10-17)13(3)18-4/h7-11,13,18H,5-6,12H2,1-4H3. The number of aromatic nitrogens is 2. The monoisotopic (exact) mass is 287 g/mol. The average Bonchev–Trinajstić information content (AvgIpc) is 2.95. The van der Waals surface area contributed by atoms with E-state index < -0.39 is 0 Å². The van der Waals surface area contributed by atoms with E-state index in [9.17, 15) is 0 Å². The van der Waals surface area contributed by atoms with Crippen LogP contribution in [0.1, 0.15) is 43.8 Å². The molecule has 0 amide bonds. The van der Waals surface area contributed by atoms with E-state index in [1.54, 1.807) is 0 Å². The van der Waals surface area contributed by atoms with E-state index in [2.05, 4.69) is 49.4 Å². The van der Waals surface area contributed by atoms with Gasteiger partial charge in [-0.3, -0.25) is 4.68 Å². The molecule has 1 unspecified atom stereocenters. The van der Waals surface area contributed by atoms with E-state index in [0.29, 0.717) is 12.6 Å². The maximum atomic E-state index is 5.88. The first kappa shape index (κ1) is 15.6. The van der Waals surface area contributed by atoms with Gasteiger partial charge in [-0.2, -0.15) is 5.10 Å². The Morgan fingerprint density at radius 2 is 1.95 bits per heavy atom. The Labute approximate surface area is 127 Å². The number of ether oxygens (including phenoxy) is 1. The highest BCUT2D eigenvalue weighted by Gasteiger charge is 2.07. The quantitative estimate of drug-likeness (QED) is 0.849. The van der Waals surface area contributed by atoms with Gasteiger partial charge in [-0.25, -0.2) is 0 Å². The lowest BCUT2D eigenvalue weighted by atomic mass is 10.1. The smallest absolute Gasteiger partial charge is 0.130 e. The Bertz CT molecular complexity index is 560. The van der Waals surface area contributed by atoms with E-state index in [-0.39, 0.29) is 0 Å². The van der Waals surface area contributed by atoms with Crippen LogP contribution < -0.4 is 10.1 Å². The maximum absolute atomic E-state index is 5.88. The molecule has 1 N–H and O–H groups in total. The summed E-state index contributed by atoms with van der Waals surface area (Å²) in [6.07, 6.45) is 0.955. The molecule has 0 aliphatic heterocycles. The second-order valence-corrected chi connectivity index (χ2v) is 5.16. The van der Waals surface area contributed by atoms with E-state index >= 15 is 0 Å². The highest BCUT2D eigenvalue weighted by molar-refractivity contribution is 5.29. The minimum atomic E-state index is 0.354. The summed E-state index contributed by atoms with van der Waals surface area (Å²) in [7, 11) is 1.96. The van der Waals surface area contributed by atoms with Gasteiger partial charge < -0.3 is 10.1 Å². The van der Waals surface area contributed by atoms with Crippen molar-refractivity contribution in [3.05, 3.63) is 47.3 Å². The molecule has 0 aliphatic carbocycles. The first-order chi connectivity index (χ1) is 10.2. The topological polar surface area (TPSA) is 39.1 Å². The fraction of sp³-hybridized carbons (Fsp3) is 0.471. The van der Waals surface area contributed by atoms with Gasteiger partial charge in [-0.15, -0.1) is 0 Å². The Hall–Kier alpha value is -1.81. The van der Waals surface area contributed by atoms with Crippen LogP contribution in [0.15, 0.2) is 30.3 Å². The lowest BCUT2D eigenvalue weighted by Crippen LogP contribution is -2.12. The lowest BCUT2D eigenvalue weighted by Gasteiger charge is -2.12. The normalized spacial score (nSPS) is 12.4. The summed E-state index contributed by atoms with van der Waals surface area (Å²) in [5.74, 6) is 0.893. The Morgan fingerprint density at radius 3 is 2.52 bits per heavy atom. The van der Waals surface area contributed by atoms with Crippen molar-refractivity contribution in [3.63, 3.8) is 0 Å². The summed E-state index contributed by atoms with van der Waals surface area (Å²) in [6, 6.07) is 10.7. The molecule has 2 aromatic rings. The van der Waals surface area contributed by atoms with Crippen molar-refractivity contribution in [3.8, 4) is 5.75 Å². The van der Waals surface area contributed by atoms with Crippen molar-refractivity contribution >= 4 is 0 Å². The summed E-state index contributed by atoms with van der Waals surface area (Å²) in [6.45, 7) is 7.79. The molecule has 114 valence electrons. The molecule has 0 fully saturated rings. The molecule has 0 bridgehead atoms. The second-order valence-electron chi connectivity index (χ2n) is 5.16. The van der Waals surface area contributed by atoms with Crippen LogP contribution >= 0.6 is 0 Å². The lowest BCUT2D eigenvalue weighted by molar-refractivity contribution is 0.292. The van der Waals surface area contributed by atoms with Gasteiger partial charge in [0, 0.05) is 12.6 Å². The molecule has 0 saturated carbocycles. The van der Waals surface area contributed by atoms with Gasteiger partial charge >= 0.3 is 0 Å². The van der Waals surface area contributed by atoms with Crippen molar-refractivity contribution in [2.24, 2.45) is 0 Å². The Morgan fingerprint density at radius 1 is 1.24 bits per heavy atom. The summed E-state index contributed by atoms with van der Waals surface area (Å²) in [5.41, 5.74) is 3.51. The molecule has 1 atom stereocenters. The number of hydrogen-bond acceptors (Lipinski definition) is 3. The van der Waals surface area contributed by atoms with Gasteiger partial charge in [0.2, 0.25) is 0 Å². The highest BCUT2D eigenvalue weighted by atomic mass is 16.5. The van der Waals surface area contributed by atoms with Gasteiger partial charge in [0.25, 0.3) is 0 Å². The molecule has 0 aliphatic rings. The summed E-state index contributed by atoms with van der Waals surface area (Å²) >= 11 is 0. The van der Waals surface area contributed by atoms with Crippen LogP contribution in [0.5, 0.6) is 5.75 Å². The van der Waals surface area contributed by atoms with Crippen molar-refractivity contribution in [1.29, 1.82) is 0 Å². The largest absolute Gasteiger partial charge is 0.487 e. The molecular weight excluding hydrogens is 262 g/mol. The summed E-state index contributed by atoms with van der Waals surface area (Å²) in [4.78, 5) is 0. The fourth-order valence-electron chi connectivity index (χ4n) is 2.25. The number of hydrogen-bond donors (Lipinski definition) is 1. The number of rotatable bonds is 7. The maximum Gasteiger partial charge on any atom is 0.130 e. The molecule has 0 spiro atoms. The zero-order chi connectivity index (χ0) is 15.2. The third kappa shape index (κ3) is 3.85. The van der Waals surface area contributed by atoms with E-state index in [1.807, 2.05) is 23.9 Å². The zero-order valence-electron chi connectivity index (χ0n) is 13.4. The van der Waals surface area contributed by atoms with Crippen LogP contribution in [0.4, 0.5) is 0 Å². The molecule has 1 heterocycles. The molecule has 0 radical (unpaired) electrons. The molecule has 4 nitrogen and oxygen atoms in total. The summed E-state index contributed by atoms with van der Waals surface area (Å²) in [5, 5.41) is 7.77. The van der Waals surface area contributed by atoms with Crippen LogP contribution in [0.2, 0.25) is 0 Å². The van der Waals surface area contributed by atoms with Crippen LogP contribution in [0, 0.1) is 0 Å². The Kier molecular flexibility index (Phi) is 5.39. The zero-order valence-corrected chi connectivity index (χ0v) is 13.4.